The first-order valence-corrected chi connectivity index (χ1v) is 10.2. The molecule has 7 nitrogen and oxygen atoms in total. The molecule has 0 aliphatic carbocycles. The topological polar surface area (TPSA) is 63.5 Å². The molecule has 0 unspecified atom stereocenters. The zero-order chi connectivity index (χ0) is 20.4. The van der Waals surface area contributed by atoms with Crippen molar-refractivity contribution in [2.75, 3.05) is 39.2 Å². The van der Waals surface area contributed by atoms with Crippen molar-refractivity contribution < 1.29 is 9.53 Å². The van der Waals surface area contributed by atoms with Gasteiger partial charge in [0.15, 0.2) is 5.13 Å². The van der Waals surface area contributed by atoms with Gasteiger partial charge in [-0.3, -0.25) is 14.4 Å². The highest BCUT2D eigenvalue weighted by Gasteiger charge is 2.26. The van der Waals surface area contributed by atoms with Crippen molar-refractivity contribution in [1.82, 2.24) is 19.7 Å². The minimum absolute atomic E-state index is 0. The fourth-order valence-corrected chi connectivity index (χ4v) is 4.12. The maximum atomic E-state index is 13.4. The number of benzene rings is 1. The van der Waals surface area contributed by atoms with Gasteiger partial charge in [-0.25, -0.2) is 4.98 Å². The predicted octanol–water partition coefficient (Wildman–Crippen LogP) is 4.37. The number of carbonyl (C=O) groups is 1. The molecule has 0 N–H and O–H groups in total. The van der Waals surface area contributed by atoms with Gasteiger partial charge < -0.3 is 9.64 Å². The zero-order valence-corrected chi connectivity index (χ0v) is 19.4. The molecule has 158 valence electrons. The van der Waals surface area contributed by atoms with Gasteiger partial charge in [0, 0.05) is 25.3 Å². The summed E-state index contributed by atoms with van der Waals surface area (Å²) < 4.78 is 7.95. The van der Waals surface area contributed by atoms with Crippen LogP contribution in [0.1, 0.15) is 30.4 Å². The van der Waals surface area contributed by atoms with E-state index in [0.717, 1.165) is 4.70 Å². The molecule has 1 amide bonds. The Hall–Kier alpha value is -1.87. The van der Waals surface area contributed by atoms with Gasteiger partial charge >= 0.3 is 0 Å². The molecule has 2 heterocycles. The fraction of sp³-hybridized carbons (Fsp3) is 0.421. The number of methoxy groups -OCH3 is 1. The Labute approximate surface area is 185 Å². The number of nitrogens with zero attached hydrogens (tertiary/aromatic N) is 5. The average molecular weight is 458 g/mol. The van der Waals surface area contributed by atoms with Gasteiger partial charge in [0.25, 0.3) is 5.91 Å². The number of hydrogen-bond acceptors (Lipinski definition) is 6. The van der Waals surface area contributed by atoms with Crippen LogP contribution in [0, 0.1) is 0 Å². The molecule has 0 radical (unpaired) electrons. The van der Waals surface area contributed by atoms with E-state index in [1.54, 1.807) is 41.1 Å². The van der Waals surface area contributed by atoms with E-state index in [-0.39, 0.29) is 24.4 Å². The number of hydrogen-bond donors (Lipinski definition) is 0. The average Bonchev–Trinajstić information content (AvgIpc) is 3.29. The van der Waals surface area contributed by atoms with Gasteiger partial charge in [0.2, 0.25) is 0 Å². The fourth-order valence-electron chi connectivity index (χ4n) is 2.84. The molecule has 0 fully saturated rings. The Kier molecular flexibility index (Phi) is 7.87. The summed E-state index contributed by atoms with van der Waals surface area (Å²) in [6.45, 7) is 5.18. The maximum absolute atomic E-state index is 13.4. The summed E-state index contributed by atoms with van der Waals surface area (Å²) in [6, 6.07) is 5.39. The Morgan fingerprint density at radius 1 is 1.28 bits per heavy atom. The SMILES string of the molecule is COc1ccc(Cl)c2sc(N(CCN(C)C)C(=O)c3ccnn3C(C)C)nc12.Cl. The van der Waals surface area contributed by atoms with Crippen molar-refractivity contribution in [1.29, 1.82) is 0 Å². The maximum Gasteiger partial charge on any atom is 0.278 e. The molecule has 0 saturated carbocycles. The molecule has 3 aromatic rings. The molecule has 1 aromatic carbocycles. The van der Waals surface area contributed by atoms with Gasteiger partial charge in [-0.05, 0) is 46.1 Å². The second-order valence-electron chi connectivity index (χ2n) is 6.94. The summed E-state index contributed by atoms with van der Waals surface area (Å²) in [6.07, 6.45) is 1.65. The lowest BCUT2D eigenvalue weighted by molar-refractivity contribution is 0.0973. The number of ether oxygens (including phenoxy) is 1. The van der Waals surface area contributed by atoms with Gasteiger partial charge in [0.1, 0.15) is 17.0 Å². The quantitative estimate of drug-likeness (QED) is 0.526. The van der Waals surface area contributed by atoms with Gasteiger partial charge in [0.05, 0.1) is 16.8 Å². The highest BCUT2D eigenvalue weighted by atomic mass is 35.5. The normalized spacial score (nSPS) is 11.2. The number of aromatic nitrogens is 3. The summed E-state index contributed by atoms with van der Waals surface area (Å²) in [5.74, 6) is 0.497. The number of anilines is 1. The van der Waals surface area contributed by atoms with E-state index >= 15 is 0 Å². The summed E-state index contributed by atoms with van der Waals surface area (Å²) in [5.41, 5.74) is 1.20. The van der Waals surface area contributed by atoms with Gasteiger partial charge in [-0.15, -0.1) is 12.4 Å². The lowest BCUT2D eigenvalue weighted by atomic mass is 10.3. The van der Waals surface area contributed by atoms with Crippen LogP contribution in [-0.4, -0.2) is 59.9 Å². The Bertz CT molecular complexity index is 986. The van der Waals surface area contributed by atoms with Gasteiger partial charge in [-0.1, -0.05) is 22.9 Å². The molecule has 0 atom stereocenters. The van der Waals surface area contributed by atoms with E-state index in [1.807, 2.05) is 32.8 Å². The molecule has 2 aromatic heterocycles. The third kappa shape index (κ3) is 4.83. The molecule has 29 heavy (non-hydrogen) atoms. The highest BCUT2D eigenvalue weighted by molar-refractivity contribution is 7.23. The lowest BCUT2D eigenvalue weighted by Crippen LogP contribution is -2.38. The number of fused-ring (bicyclic) bond motifs is 1. The highest BCUT2D eigenvalue weighted by Crippen LogP contribution is 2.39. The molecule has 10 heteroatoms. The van der Waals surface area contributed by atoms with Crippen LogP contribution in [-0.2, 0) is 0 Å². The lowest BCUT2D eigenvalue weighted by Gasteiger charge is -2.22. The van der Waals surface area contributed by atoms with Crippen LogP contribution in [0.5, 0.6) is 5.75 Å². The Morgan fingerprint density at radius 2 is 2.00 bits per heavy atom. The van der Waals surface area contributed by atoms with Crippen LogP contribution < -0.4 is 9.64 Å². The van der Waals surface area contributed by atoms with Gasteiger partial charge in [-0.2, -0.15) is 5.10 Å². The predicted molar refractivity (Wildman–Crippen MR) is 121 cm³/mol. The van der Waals surface area contributed by atoms with E-state index in [4.69, 9.17) is 21.3 Å². The second-order valence-corrected chi connectivity index (χ2v) is 8.32. The van der Waals surface area contributed by atoms with E-state index in [2.05, 4.69) is 5.10 Å². The third-order valence-corrected chi connectivity index (χ3v) is 5.83. The summed E-state index contributed by atoms with van der Waals surface area (Å²) in [5, 5.41) is 5.47. The van der Waals surface area contributed by atoms with Crippen LogP contribution in [0.25, 0.3) is 10.2 Å². The van der Waals surface area contributed by atoms with Crippen LogP contribution in [0.2, 0.25) is 5.02 Å². The van der Waals surface area contributed by atoms with Crippen LogP contribution >= 0.6 is 35.3 Å². The Morgan fingerprint density at radius 3 is 2.62 bits per heavy atom. The first-order valence-electron chi connectivity index (χ1n) is 8.96. The van der Waals surface area contributed by atoms with Crippen molar-refractivity contribution in [2.24, 2.45) is 0 Å². The summed E-state index contributed by atoms with van der Waals surface area (Å²) >= 11 is 7.75. The van der Waals surface area contributed by atoms with Crippen LogP contribution in [0.4, 0.5) is 5.13 Å². The van der Waals surface area contributed by atoms with Crippen molar-refractivity contribution in [3.05, 3.63) is 35.1 Å². The van der Waals surface area contributed by atoms with E-state index in [0.29, 0.717) is 40.2 Å². The number of rotatable bonds is 7. The zero-order valence-electron chi connectivity index (χ0n) is 17.0. The summed E-state index contributed by atoms with van der Waals surface area (Å²) in [7, 11) is 5.54. The minimum atomic E-state index is -0.137. The molecular weight excluding hydrogens is 433 g/mol. The van der Waals surface area contributed by atoms with Crippen molar-refractivity contribution >= 4 is 56.6 Å². The van der Waals surface area contributed by atoms with Crippen molar-refractivity contribution in [2.45, 2.75) is 19.9 Å². The molecule has 3 rings (SSSR count). The van der Waals surface area contributed by atoms with E-state index < -0.39 is 0 Å². The molecular formula is C19H25Cl2N5O2S. The number of carbonyl (C=O) groups excluding carboxylic acids is 1. The molecule has 0 saturated heterocycles. The standard InChI is InChI=1S/C19H24ClN5O2S.ClH/c1-12(2)25-14(8-9-21-25)18(26)24(11-10-23(3)4)19-22-16-15(27-5)7-6-13(20)17(16)28-19;/h6-9,12H,10-11H2,1-5H3;1H. The number of amides is 1. The largest absolute Gasteiger partial charge is 0.494 e. The number of likely N-dealkylation sites (N-methyl/N-ethyl adjacent to an activating group) is 1. The van der Waals surface area contributed by atoms with Crippen molar-refractivity contribution in [3.8, 4) is 5.75 Å². The smallest absolute Gasteiger partial charge is 0.278 e. The molecule has 0 spiro atoms. The molecule has 0 aliphatic heterocycles. The van der Waals surface area contributed by atoms with E-state index in [1.165, 1.54) is 11.3 Å². The second kappa shape index (κ2) is 9.75. The minimum Gasteiger partial charge on any atom is -0.494 e. The van der Waals surface area contributed by atoms with Crippen LogP contribution in [0.3, 0.4) is 0 Å². The monoisotopic (exact) mass is 457 g/mol. The molecule has 0 bridgehead atoms. The van der Waals surface area contributed by atoms with Crippen LogP contribution in [0.15, 0.2) is 24.4 Å². The summed E-state index contributed by atoms with van der Waals surface area (Å²) in [4.78, 5) is 21.8. The number of halogens is 2. The first kappa shape index (κ1) is 23.4. The molecule has 0 aliphatic rings. The number of thiazole rings is 1. The third-order valence-electron chi connectivity index (χ3n) is 4.29. The first-order chi connectivity index (χ1) is 13.3. The van der Waals surface area contributed by atoms with E-state index in [9.17, 15) is 4.79 Å². The van der Waals surface area contributed by atoms with Crippen molar-refractivity contribution in [3.63, 3.8) is 0 Å². The Balaban J connectivity index is 0.00000300.